The van der Waals surface area contributed by atoms with Gasteiger partial charge in [-0.2, -0.15) is 0 Å². The van der Waals surface area contributed by atoms with Crippen molar-refractivity contribution >= 4 is 6.29 Å². The Morgan fingerprint density at radius 1 is 1.33 bits per heavy atom. The summed E-state index contributed by atoms with van der Waals surface area (Å²) in [5.41, 5.74) is 2.57. The monoisotopic (exact) mass is 289 g/mol. The Balaban J connectivity index is 1.99. The minimum absolute atomic E-state index is 0.168. The number of hydrogen-bond donors (Lipinski definition) is 1. The summed E-state index contributed by atoms with van der Waals surface area (Å²) in [5, 5.41) is 13.7. The fraction of sp³-hybridized carbons (Fsp3) is 0.375. The minimum atomic E-state index is 0.168. The molecule has 0 radical (unpaired) electrons. The van der Waals surface area contributed by atoms with Gasteiger partial charge in [-0.25, -0.2) is 0 Å². The van der Waals surface area contributed by atoms with Gasteiger partial charge in [0.1, 0.15) is 17.3 Å². The molecule has 2 aromatic rings. The Labute approximate surface area is 123 Å². The molecule has 0 amide bonds. The number of carbonyl (C=O) groups excluding carboxylic acids is 1. The molecule has 0 aliphatic rings. The lowest BCUT2D eigenvalue weighted by Crippen LogP contribution is -2.04. The van der Waals surface area contributed by atoms with Crippen LogP contribution in [0.3, 0.4) is 0 Å². The van der Waals surface area contributed by atoms with Gasteiger partial charge < -0.3 is 14.4 Å². The summed E-state index contributed by atoms with van der Waals surface area (Å²) in [6.07, 6.45) is 2.20. The Bertz CT molecular complexity index is 646. The van der Waals surface area contributed by atoms with Crippen molar-refractivity contribution in [2.45, 2.75) is 33.6 Å². The first-order valence-electron chi connectivity index (χ1n) is 6.86. The van der Waals surface area contributed by atoms with Crippen LogP contribution in [-0.4, -0.2) is 23.2 Å². The van der Waals surface area contributed by atoms with Crippen molar-refractivity contribution < 1.29 is 19.2 Å². The van der Waals surface area contributed by atoms with Crippen LogP contribution in [0, 0.1) is 20.8 Å². The van der Waals surface area contributed by atoms with Gasteiger partial charge in [-0.05, 0) is 38.8 Å². The van der Waals surface area contributed by atoms with Crippen molar-refractivity contribution in [3.05, 3.63) is 40.3 Å². The maximum atomic E-state index is 11.1. The van der Waals surface area contributed by atoms with Crippen molar-refractivity contribution in [3.63, 3.8) is 0 Å². The molecule has 1 aromatic heterocycles. The summed E-state index contributed by atoms with van der Waals surface area (Å²) >= 11 is 0. The Kier molecular flexibility index (Phi) is 4.62. The first-order chi connectivity index (χ1) is 10.0. The number of phenolic OH excluding ortho intramolecular Hbond substituents is 1. The van der Waals surface area contributed by atoms with Crippen LogP contribution in [0.1, 0.15) is 39.4 Å². The number of phenols is 1. The van der Waals surface area contributed by atoms with Crippen molar-refractivity contribution in [2.75, 3.05) is 6.61 Å². The van der Waals surface area contributed by atoms with Gasteiger partial charge in [-0.15, -0.1) is 0 Å². The second kappa shape index (κ2) is 6.43. The fourth-order valence-corrected chi connectivity index (χ4v) is 2.22. The van der Waals surface area contributed by atoms with Crippen molar-refractivity contribution in [1.29, 1.82) is 0 Å². The SMILES string of the molecule is Cc1cc(CCCOc2c(C=O)cc(C)c(O)c2C)on1. The van der Waals surface area contributed by atoms with Crippen molar-refractivity contribution in [2.24, 2.45) is 0 Å². The van der Waals surface area contributed by atoms with Crippen LogP contribution in [0.15, 0.2) is 16.7 Å². The van der Waals surface area contributed by atoms with Gasteiger partial charge in [-0.3, -0.25) is 4.79 Å². The quantitative estimate of drug-likeness (QED) is 0.653. The molecule has 5 nitrogen and oxygen atoms in total. The zero-order chi connectivity index (χ0) is 15.4. The van der Waals surface area contributed by atoms with Gasteiger partial charge in [0, 0.05) is 18.1 Å². The number of hydrogen-bond acceptors (Lipinski definition) is 5. The van der Waals surface area contributed by atoms with E-state index >= 15 is 0 Å². The average molecular weight is 289 g/mol. The molecule has 1 aromatic carbocycles. The van der Waals surface area contributed by atoms with E-state index in [-0.39, 0.29) is 5.75 Å². The van der Waals surface area contributed by atoms with E-state index in [1.165, 1.54) is 0 Å². The molecule has 0 saturated carbocycles. The molecule has 2 rings (SSSR count). The van der Waals surface area contributed by atoms with E-state index in [4.69, 9.17) is 9.26 Å². The van der Waals surface area contributed by atoms with E-state index in [1.54, 1.807) is 19.9 Å². The van der Waals surface area contributed by atoms with Crippen LogP contribution >= 0.6 is 0 Å². The molecule has 1 N–H and O–H groups in total. The van der Waals surface area contributed by atoms with Crippen molar-refractivity contribution in [3.8, 4) is 11.5 Å². The zero-order valence-electron chi connectivity index (χ0n) is 12.5. The predicted octanol–water partition coefficient (Wildman–Crippen LogP) is 3.13. The van der Waals surface area contributed by atoms with Crippen LogP contribution in [-0.2, 0) is 6.42 Å². The molecule has 112 valence electrons. The predicted molar refractivity (Wildman–Crippen MR) is 78.0 cm³/mol. The number of carbonyl (C=O) groups is 1. The summed E-state index contributed by atoms with van der Waals surface area (Å²) in [5.74, 6) is 1.43. The van der Waals surface area contributed by atoms with Crippen molar-refractivity contribution in [1.82, 2.24) is 5.16 Å². The van der Waals surface area contributed by atoms with Gasteiger partial charge in [0.05, 0.1) is 17.9 Å². The highest BCUT2D eigenvalue weighted by atomic mass is 16.5. The first kappa shape index (κ1) is 15.1. The molecule has 0 aliphatic heterocycles. The molecule has 0 fully saturated rings. The van der Waals surface area contributed by atoms with Gasteiger partial charge in [-0.1, -0.05) is 5.16 Å². The number of rotatable bonds is 6. The maximum Gasteiger partial charge on any atom is 0.153 e. The Morgan fingerprint density at radius 2 is 2.10 bits per heavy atom. The number of aromatic nitrogens is 1. The fourth-order valence-electron chi connectivity index (χ4n) is 2.22. The van der Waals surface area contributed by atoms with E-state index in [2.05, 4.69) is 5.16 Å². The molecule has 0 atom stereocenters. The summed E-state index contributed by atoms with van der Waals surface area (Å²) < 4.78 is 10.8. The molecule has 0 unspecified atom stereocenters. The van der Waals surface area contributed by atoms with E-state index in [9.17, 15) is 9.90 Å². The third-order valence-electron chi connectivity index (χ3n) is 3.32. The molecule has 0 spiro atoms. The molecule has 5 heteroatoms. The lowest BCUT2D eigenvalue weighted by molar-refractivity contribution is 0.111. The standard InChI is InChI=1S/C16H19NO4/c1-10-7-13(9-18)16(12(3)15(10)19)20-6-4-5-14-8-11(2)17-21-14/h7-9,19H,4-6H2,1-3H3. The molecular weight excluding hydrogens is 270 g/mol. The molecule has 1 heterocycles. The lowest BCUT2D eigenvalue weighted by atomic mass is 10.0. The largest absolute Gasteiger partial charge is 0.507 e. The number of nitrogens with zero attached hydrogens (tertiary/aromatic N) is 1. The highest BCUT2D eigenvalue weighted by molar-refractivity contribution is 5.81. The van der Waals surface area contributed by atoms with E-state index in [0.717, 1.165) is 24.2 Å². The van der Waals surface area contributed by atoms with E-state index in [1.807, 2.05) is 13.0 Å². The molecule has 21 heavy (non-hydrogen) atoms. The van der Waals surface area contributed by atoms with Gasteiger partial charge in [0.25, 0.3) is 0 Å². The molecule has 0 bridgehead atoms. The summed E-state index contributed by atoms with van der Waals surface area (Å²) in [6.45, 7) is 5.80. The average Bonchev–Trinajstić information content (AvgIpc) is 2.88. The van der Waals surface area contributed by atoms with Gasteiger partial charge in [0.15, 0.2) is 6.29 Å². The summed E-state index contributed by atoms with van der Waals surface area (Å²) in [7, 11) is 0. The summed E-state index contributed by atoms with van der Waals surface area (Å²) in [6, 6.07) is 3.52. The highest BCUT2D eigenvalue weighted by Gasteiger charge is 2.13. The van der Waals surface area contributed by atoms with Crippen LogP contribution in [0.5, 0.6) is 11.5 Å². The van der Waals surface area contributed by atoms with Crippen LogP contribution in [0.2, 0.25) is 0 Å². The first-order valence-corrected chi connectivity index (χ1v) is 6.86. The van der Waals surface area contributed by atoms with Gasteiger partial charge in [0.2, 0.25) is 0 Å². The maximum absolute atomic E-state index is 11.1. The zero-order valence-corrected chi connectivity index (χ0v) is 12.5. The van der Waals surface area contributed by atoms with Crippen LogP contribution < -0.4 is 4.74 Å². The minimum Gasteiger partial charge on any atom is -0.507 e. The number of aldehydes is 1. The smallest absolute Gasteiger partial charge is 0.153 e. The Morgan fingerprint density at radius 3 is 2.71 bits per heavy atom. The topological polar surface area (TPSA) is 72.6 Å². The number of aryl methyl sites for hydroxylation is 3. The third kappa shape index (κ3) is 3.42. The number of benzene rings is 1. The Hall–Kier alpha value is -2.30. The second-order valence-corrected chi connectivity index (χ2v) is 5.09. The van der Waals surface area contributed by atoms with E-state index in [0.29, 0.717) is 35.5 Å². The van der Waals surface area contributed by atoms with Crippen LogP contribution in [0.4, 0.5) is 0 Å². The lowest BCUT2D eigenvalue weighted by Gasteiger charge is -2.14. The second-order valence-electron chi connectivity index (χ2n) is 5.09. The highest BCUT2D eigenvalue weighted by Crippen LogP contribution is 2.33. The number of aromatic hydroxyl groups is 1. The van der Waals surface area contributed by atoms with Crippen LogP contribution in [0.25, 0.3) is 0 Å². The van der Waals surface area contributed by atoms with Gasteiger partial charge >= 0.3 is 0 Å². The molecule has 0 saturated heterocycles. The molecular formula is C16H19NO4. The molecule has 0 aliphatic carbocycles. The normalized spacial score (nSPS) is 10.6. The summed E-state index contributed by atoms with van der Waals surface area (Å²) in [4.78, 5) is 11.1. The third-order valence-corrected chi connectivity index (χ3v) is 3.32. The number of ether oxygens (including phenoxy) is 1. The van der Waals surface area contributed by atoms with E-state index < -0.39 is 0 Å².